The van der Waals surface area contributed by atoms with Crippen LogP contribution < -0.4 is 4.90 Å². The first kappa shape index (κ1) is 26.6. The Bertz CT molecular complexity index is 1570. The molecule has 2 aliphatic heterocycles. The van der Waals surface area contributed by atoms with E-state index in [1.54, 1.807) is 17.0 Å². The van der Waals surface area contributed by atoms with Crippen LogP contribution in [0, 0.1) is 19.7 Å². The summed E-state index contributed by atoms with van der Waals surface area (Å²) >= 11 is 0. The van der Waals surface area contributed by atoms with Crippen molar-refractivity contribution in [1.82, 2.24) is 34.4 Å². The summed E-state index contributed by atoms with van der Waals surface area (Å²) in [5.74, 6) is 0.265. The van der Waals surface area contributed by atoms with Crippen molar-refractivity contribution in [3.63, 3.8) is 0 Å². The fourth-order valence-electron chi connectivity index (χ4n) is 6.20. The molecule has 4 aromatic rings. The summed E-state index contributed by atoms with van der Waals surface area (Å²) in [6, 6.07) is 0.00576. The van der Waals surface area contributed by atoms with E-state index in [9.17, 15) is 4.79 Å². The molecule has 0 aromatic carbocycles. The fraction of sp³-hybridized carbons (Fsp3) is 0.517. The Morgan fingerprint density at radius 3 is 2.65 bits per heavy atom. The molecule has 40 heavy (non-hydrogen) atoms. The zero-order chi connectivity index (χ0) is 28.1. The molecule has 2 saturated heterocycles. The predicted octanol–water partition coefficient (Wildman–Crippen LogP) is 3.52. The zero-order valence-corrected chi connectivity index (χ0v) is 23.9. The number of piperazine rings is 1. The minimum Gasteiger partial charge on any atom is -0.378 e. The summed E-state index contributed by atoms with van der Waals surface area (Å²) in [6.07, 6.45) is 5.27. The maximum absolute atomic E-state index is 16.5. The predicted molar refractivity (Wildman–Crippen MR) is 152 cm³/mol. The summed E-state index contributed by atoms with van der Waals surface area (Å²) in [5, 5.41) is 4.94. The Kier molecular flexibility index (Phi) is 6.95. The minimum absolute atomic E-state index is 0.00576. The van der Waals surface area contributed by atoms with Gasteiger partial charge in [-0.2, -0.15) is 5.10 Å². The smallest absolute Gasteiger partial charge is 0.236 e. The van der Waals surface area contributed by atoms with Gasteiger partial charge >= 0.3 is 0 Å². The molecule has 0 bridgehead atoms. The number of carbonyl (C=O) groups is 1. The van der Waals surface area contributed by atoms with E-state index in [4.69, 9.17) is 4.74 Å². The maximum atomic E-state index is 16.5. The highest BCUT2D eigenvalue weighted by Crippen LogP contribution is 2.40. The van der Waals surface area contributed by atoms with Crippen LogP contribution in [0.3, 0.4) is 0 Å². The number of ether oxygens (including phenoxy) is 1. The Labute approximate surface area is 233 Å². The number of carbonyl (C=O) groups excluding carboxylic acids is 1. The molecular formula is C29H37FN8O2. The molecule has 1 amide bonds. The molecule has 0 spiro atoms. The molecule has 2 fully saturated rings. The Hall–Kier alpha value is -3.57. The number of rotatable bonds is 5. The number of amides is 1. The van der Waals surface area contributed by atoms with E-state index in [0.717, 1.165) is 33.6 Å². The Balaban J connectivity index is 1.31. The number of aromatic nitrogens is 5. The van der Waals surface area contributed by atoms with Crippen molar-refractivity contribution >= 4 is 28.3 Å². The van der Waals surface area contributed by atoms with E-state index in [1.165, 1.54) is 0 Å². The highest BCUT2D eigenvalue weighted by Gasteiger charge is 2.31. The van der Waals surface area contributed by atoms with Gasteiger partial charge in [0.05, 0.1) is 37.2 Å². The number of hydrogen-bond acceptors (Lipinski definition) is 7. The van der Waals surface area contributed by atoms with Crippen LogP contribution in [0.25, 0.3) is 27.8 Å². The van der Waals surface area contributed by atoms with Crippen LogP contribution in [-0.4, -0.2) is 98.8 Å². The van der Waals surface area contributed by atoms with Gasteiger partial charge in [0.25, 0.3) is 0 Å². The number of aryl methyl sites for hydroxylation is 1. The highest BCUT2D eigenvalue weighted by molar-refractivity contribution is 5.94. The summed E-state index contributed by atoms with van der Waals surface area (Å²) in [4.78, 5) is 31.3. The molecule has 1 N–H and O–H groups in total. The summed E-state index contributed by atoms with van der Waals surface area (Å²) in [6.45, 7) is 15.2. The molecule has 212 valence electrons. The second kappa shape index (κ2) is 10.4. The van der Waals surface area contributed by atoms with Gasteiger partial charge in [-0.15, -0.1) is 0 Å². The Morgan fingerprint density at radius 1 is 1.15 bits per heavy atom. The van der Waals surface area contributed by atoms with Crippen molar-refractivity contribution in [2.45, 2.75) is 46.6 Å². The monoisotopic (exact) mass is 548 g/mol. The SMILES string of the molecule is Cc1c(-c2[nH]c3cnc(N4CCN(CC(=O)N5CCOCC5)C[C@H]4C)c(F)c3c2C(C)C)cn2ncnc2c1C. The number of nitrogens with zero attached hydrogens (tertiary/aromatic N) is 7. The van der Waals surface area contributed by atoms with Gasteiger partial charge in [-0.25, -0.2) is 18.9 Å². The number of aromatic amines is 1. The van der Waals surface area contributed by atoms with E-state index in [1.807, 2.05) is 22.9 Å². The molecule has 1 atom stereocenters. The standard InChI is InChI=1S/C29H37FN8O2/c1-17(2)24-25-22(34-27(24)21-14-38-28(32-16-33-38)20(5)19(21)4)12-31-29(26(25)30)37-7-6-35(13-18(37)3)15-23(39)36-8-10-40-11-9-36/h12,14,16-18,34H,6-11,13,15H2,1-5H3/t18-/m1/s1. The number of halogens is 1. The van der Waals surface area contributed by atoms with Crippen LogP contribution in [0.15, 0.2) is 18.7 Å². The average molecular weight is 549 g/mol. The first-order valence-electron chi connectivity index (χ1n) is 14.1. The molecule has 4 aromatic heterocycles. The Morgan fingerprint density at radius 2 is 1.93 bits per heavy atom. The van der Waals surface area contributed by atoms with E-state index in [2.05, 4.69) is 52.6 Å². The van der Waals surface area contributed by atoms with Crippen LogP contribution >= 0.6 is 0 Å². The molecule has 0 unspecified atom stereocenters. The van der Waals surface area contributed by atoms with Crippen molar-refractivity contribution in [3.05, 3.63) is 41.2 Å². The summed E-state index contributed by atoms with van der Waals surface area (Å²) in [7, 11) is 0. The number of anilines is 1. The van der Waals surface area contributed by atoms with Gasteiger partial charge in [-0.05, 0) is 43.4 Å². The summed E-state index contributed by atoms with van der Waals surface area (Å²) in [5.41, 5.74) is 6.42. The maximum Gasteiger partial charge on any atom is 0.236 e. The topological polar surface area (TPSA) is 94.9 Å². The molecule has 11 heteroatoms. The average Bonchev–Trinajstić information content (AvgIpc) is 3.57. The van der Waals surface area contributed by atoms with Crippen LogP contribution in [0.5, 0.6) is 0 Å². The summed E-state index contributed by atoms with van der Waals surface area (Å²) < 4.78 is 23.6. The van der Waals surface area contributed by atoms with Gasteiger partial charge in [0.2, 0.25) is 5.91 Å². The number of pyridine rings is 2. The van der Waals surface area contributed by atoms with E-state index >= 15 is 4.39 Å². The van der Waals surface area contributed by atoms with E-state index in [0.29, 0.717) is 69.2 Å². The van der Waals surface area contributed by atoms with Crippen molar-refractivity contribution in [3.8, 4) is 11.3 Å². The number of nitrogens with one attached hydrogen (secondary N) is 1. The molecule has 6 heterocycles. The molecular weight excluding hydrogens is 511 g/mol. The van der Waals surface area contributed by atoms with Crippen LogP contribution in [0.4, 0.5) is 10.2 Å². The number of H-pyrrole nitrogens is 1. The zero-order valence-electron chi connectivity index (χ0n) is 23.9. The van der Waals surface area contributed by atoms with Gasteiger partial charge in [-0.1, -0.05) is 13.8 Å². The quantitative estimate of drug-likeness (QED) is 0.408. The van der Waals surface area contributed by atoms with Gasteiger partial charge < -0.3 is 19.5 Å². The number of morpholine rings is 1. The first-order valence-corrected chi connectivity index (χ1v) is 14.1. The van der Waals surface area contributed by atoms with Crippen LogP contribution in [0.1, 0.15) is 43.4 Å². The van der Waals surface area contributed by atoms with Crippen molar-refractivity contribution in [2.24, 2.45) is 0 Å². The molecule has 2 aliphatic rings. The lowest BCUT2D eigenvalue weighted by Gasteiger charge is -2.41. The van der Waals surface area contributed by atoms with Crippen LogP contribution in [0.2, 0.25) is 0 Å². The number of fused-ring (bicyclic) bond motifs is 2. The third kappa shape index (κ3) is 4.50. The van der Waals surface area contributed by atoms with Crippen LogP contribution in [-0.2, 0) is 9.53 Å². The normalized spacial score (nSPS) is 18.9. The largest absolute Gasteiger partial charge is 0.378 e. The van der Waals surface area contributed by atoms with Crippen molar-refractivity contribution in [2.75, 3.05) is 57.4 Å². The lowest BCUT2D eigenvalue weighted by Crippen LogP contribution is -2.55. The second-order valence-corrected chi connectivity index (χ2v) is 11.3. The lowest BCUT2D eigenvalue weighted by atomic mass is 9.94. The second-order valence-electron chi connectivity index (χ2n) is 11.3. The third-order valence-corrected chi connectivity index (χ3v) is 8.48. The van der Waals surface area contributed by atoms with Crippen molar-refractivity contribution < 1.29 is 13.9 Å². The fourth-order valence-corrected chi connectivity index (χ4v) is 6.20. The van der Waals surface area contributed by atoms with Gasteiger partial charge in [0.1, 0.15) is 6.33 Å². The lowest BCUT2D eigenvalue weighted by molar-refractivity contribution is -0.136. The van der Waals surface area contributed by atoms with Gasteiger partial charge in [-0.3, -0.25) is 9.69 Å². The molecule has 10 nitrogen and oxygen atoms in total. The minimum atomic E-state index is -0.301. The van der Waals surface area contributed by atoms with E-state index < -0.39 is 0 Å². The molecule has 0 saturated carbocycles. The molecule has 0 aliphatic carbocycles. The highest BCUT2D eigenvalue weighted by atomic mass is 19.1. The number of hydrogen-bond donors (Lipinski definition) is 1. The third-order valence-electron chi connectivity index (χ3n) is 8.48. The first-order chi connectivity index (χ1) is 19.2. The molecule has 6 rings (SSSR count). The van der Waals surface area contributed by atoms with Crippen molar-refractivity contribution in [1.29, 1.82) is 0 Å². The van der Waals surface area contributed by atoms with E-state index in [-0.39, 0.29) is 23.7 Å². The molecule has 0 radical (unpaired) electrons. The van der Waals surface area contributed by atoms with Gasteiger partial charge in [0, 0.05) is 55.9 Å². The van der Waals surface area contributed by atoms with Gasteiger partial charge in [0.15, 0.2) is 17.3 Å².